The molecule has 0 amide bonds. The molecule has 1 N–H and O–H groups in total. The standard InChI is InChI=1S/C27H34N6O3/c1-17(2)25(26-29-30-31-33(26)16-23-8-6-10-36-23)32(15-22-7-5-9-35-22)14-21-13-20-12-18(3)11-19(4)24(20)28-27(21)34/h5,7,9,11-13,17,23,25H,6,8,10,14-16H2,1-4H3,(H,28,34)/t23-,25+/m0/s1. The maximum absolute atomic E-state index is 13.2. The number of pyridine rings is 1. The first-order chi connectivity index (χ1) is 17.4. The molecule has 36 heavy (non-hydrogen) atoms. The van der Waals surface area contributed by atoms with E-state index in [4.69, 9.17) is 9.15 Å². The van der Waals surface area contributed by atoms with Crippen molar-refractivity contribution in [3.63, 3.8) is 0 Å². The van der Waals surface area contributed by atoms with Crippen LogP contribution >= 0.6 is 0 Å². The monoisotopic (exact) mass is 490 g/mol. The molecule has 0 saturated carbocycles. The predicted molar refractivity (Wildman–Crippen MR) is 136 cm³/mol. The van der Waals surface area contributed by atoms with Crippen LogP contribution in [-0.4, -0.2) is 42.8 Å². The van der Waals surface area contributed by atoms with Crippen LogP contribution in [0.1, 0.15) is 61.0 Å². The van der Waals surface area contributed by atoms with Crippen molar-refractivity contribution >= 4 is 10.9 Å². The lowest BCUT2D eigenvalue weighted by atomic mass is 9.99. The normalized spacial score (nSPS) is 17.0. The number of fused-ring (bicyclic) bond motifs is 1. The van der Waals surface area contributed by atoms with Gasteiger partial charge >= 0.3 is 0 Å². The average Bonchev–Trinajstić information content (AvgIpc) is 3.60. The molecular formula is C27H34N6O3. The SMILES string of the molecule is Cc1cc(C)c2[nH]c(=O)c(CN(Cc3ccco3)[C@@H](c3nnnn3C[C@@H]3CCCO3)C(C)C)cc2c1. The van der Waals surface area contributed by atoms with Gasteiger partial charge in [-0.05, 0) is 78.2 Å². The number of hydrogen-bond acceptors (Lipinski definition) is 7. The van der Waals surface area contributed by atoms with Gasteiger partial charge in [-0.15, -0.1) is 5.10 Å². The molecule has 2 atom stereocenters. The van der Waals surface area contributed by atoms with Crippen molar-refractivity contribution in [2.75, 3.05) is 6.61 Å². The minimum atomic E-state index is -0.138. The Bertz CT molecular complexity index is 1370. The topological polar surface area (TPSA) is 102 Å². The van der Waals surface area contributed by atoms with Crippen molar-refractivity contribution in [1.29, 1.82) is 0 Å². The zero-order valence-electron chi connectivity index (χ0n) is 21.4. The molecule has 9 heteroatoms. The Kier molecular flexibility index (Phi) is 7.02. The summed E-state index contributed by atoms with van der Waals surface area (Å²) in [6, 6.07) is 9.91. The van der Waals surface area contributed by atoms with Crippen LogP contribution in [0.3, 0.4) is 0 Å². The highest BCUT2D eigenvalue weighted by Crippen LogP contribution is 2.31. The molecule has 0 bridgehead atoms. The van der Waals surface area contributed by atoms with Crippen LogP contribution in [0.5, 0.6) is 0 Å². The smallest absolute Gasteiger partial charge is 0.252 e. The summed E-state index contributed by atoms with van der Waals surface area (Å²) in [7, 11) is 0. The van der Waals surface area contributed by atoms with E-state index in [1.165, 1.54) is 5.56 Å². The number of ether oxygens (including phenoxy) is 1. The third kappa shape index (κ3) is 5.12. The summed E-state index contributed by atoms with van der Waals surface area (Å²) in [5.74, 6) is 1.77. The number of benzene rings is 1. The fourth-order valence-corrected chi connectivity index (χ4v) is 5.34. The van der Waals surface area contributed by atoms with E-state index in [0.717, 1.165) is 47.5 Å². The fraction of sp³-hybridized carbons (Fsp3) is 0.481. The molecule has 190 valence electrons. The number of nitrogens with zero attached hydrogens (tertiary/aromatic N) is 5. The van der Waals surface area contributed by atoms with Gasteiger partial charge in [0.2, 0.25) is 0 Å². The summed E-state index contributed by atoms with van der Waals surface area (Å²) in [5, 5.41) is 13.8. The lowest BCUT2D eigenvalue weighted by Gasteiger charge is -2.33. The predicted octanol–water partition coefficient (Wildman–Crippen LogP) is 4.30. The van der Waals surface area contributed by atoms with Crippen LogP contribution in [0.2, 0.25) is 0 Å². The van der Waals surface area contributed by atoms with Crippen molar-refractivity contribution in [3.05, 3.63) is 75.2 Å². The molecule has 0 unspecified atom stereocenters. The molecule has 1 fully saturated rings. The summed E-state index contributed by atoms with van der Waals surface area (Å²) < 4.78 is 13.4. The van der Waals surface area contributed by atoms with Crippen LogP contribution < -0.4 is 5.56 Å². The van der Waals surface area contributed by atoms with E-state index in [-0.39, 0.29) is 23.6 Å². The van der Waals surface area contributed by atoms with Gasteiger partial charge in [0.25, 0.3) is 5.56 Å². The van der Waals surface area contributed by atoms with Crippen molar-refractivity contribution < 1.29 is 9.15 Å². The number of rotatable bonds is 9. The maximum atomic E-state index is 13.2. The molecule has 1 aliphatic rings. The van der Waals surface area contributed by atoms with Gasteiger partial charge in [0.05, 0.1) is 37.0 Å². The summed E-state index contributed by atoms with van der Waals surface area (Å²) in [6.45, 7) is 10.8. The lowest BCUT2D eigenvalue weighted by molar-refractivity contribution is 0.0836. The van der Waals surface area contributed by atoms with Gasteiger partial charge in [-0.25, -0.2) is 4.68 Å². The minimum absolute atomic E-state index is 0.0830. The van der Waals surface area contributed by atoms with Crippen LogP contribution in [0.25, 0.3) is 10.9 Å². The first kappa shape index (κ1) is 24.4. The highest BCUT2D eigenvalue weighted by atomic mass is 16.5. The lowest BCUT2D eigenvalue weighted by Crippen LogP contribution is -2.35. The first-order valence-corrected chi connectivity index (χ1v) is 12.7. The van der Waals surface area contributed by atoms with Crippen LogP contribution in [-0.2, 0) is 24.4 Å². The van der Waals surface area contributed by atoms with E-state index in [1.54, 1.807) is 6.26 Å². The zero-order valence-corrected chi connectivity index (χ0v) is 21.4. The number of aromatic nitrogens is 5. The molecule has 1 aliphatic heterocycles. The molecule has 9 nitrogen and oxygen atoms in total. The van der Waals surface area contributed by atoms with Gasteiger partial charge in [-0.2, -0.15) is 0 Å². The van der Waals surface area contributed by atoms with Crippen molar-refractivity contribution in [2.24, 2.45) is 5.92 Å². The molecule has 4 aromatic rings. The van der Waals surface area contributed by atoms with E-state index >= 15 is 0 Å². The van der Waals surface area contributed by atoms with Gasteiger partial charge < -0.3 is 14.1 Å². The van der Waals surface area contributed by atoms with Gasteiger partial charge in [-0.3, -0.25) is 9.69 Å². The molecule has 1 saturated heterocycles. The van der Waals surface area contributed by atoms with Gasteiger partial charge in [0.1, 0.15) is 5.76 Å². The van der Waals surface area contributed by atoms with Crippen LogP contribution in [0.15, 0.2) is 45.8 Å². The van der Waals surface area contributed by atoms with Crippen molar-refractivity contribution in [1.82, 2.24) is 30.1 Å². The maximum Gasteiger partial charge on any atom is 0.252 e. The number of nitrogens with one attached hydrogen (secondary N) is 1. The molecule has 0 radical (unpaired) electrons. The quantitative estimate of drug-likeness (QED) is 0.373. The summed E-state index contributed by atoms with van der Waals surface area (Å²) in [5.41, 5.74) is 3.73. The summed E-state index contributed by atoms with van der Waals surface area (Å²) >= 11 is 0. The number of furan rings is 1. The first-order valence-electron chi connectivity index (χ1n) is 12.7. The molecule has 1 aromatic carbocycles. The molecular weight excluding hydrogens is 456 g/mol. The second-order valence-corrected chi connectivity index (χ2v) is 10.2. The second kappa shape index (κ2) is 10.4. The van der Waals surface area contributed by atoms with Gasteiger partial charge in [0, 0.05) is 18.7 Å². The molecule has 0 aliphatic carbocycles. The minimum Gasteiger partial charge on any atom is -0.468 e. The zero-order chi connectivity index (χ0) is 25.2. The Morgan fingerprint density at radius 2 is 2.08 bits per heavy atom. The molecule has 5 rings (SSSR count). The van der Waals surface area contributed by atoms with E-state index in [9.17, 15) is 4.79 Å². The van der Waals surface area contributed by atoms with Crippen molar-refractivity contribution in [2.45, 2.75) is 72.3 Å². The second-order valence-electron chi connectivity index (χ2n) is 10.2. The Labute approximate surface area is 210 Å². The largest absolute Gasteiger partial charge is 0.468 e. The third-order valence-corrected chi connectivity index (χ3v) is 6.93. The van der Waals surface area contributed by atoms with E-state index in [0.29, 0.717) is 25.2 Å². The Morgan fingerprint density at radius 1 is 1.22 bits per heavy atom. The molecule has 3 aromatic heterocycles. The van der Waals surface area contributed by atoms with E-state index in [1.807, 2.05) is 29.8 Å². The molecule has 0 spiro atoms. The number of aromatic amines is 1. The van der Waals surface area contributed by atoms with E-state index < -0.39 is 0 Å². The number of tetrazole rings is 1. The van der Waals surface area contributed by atoms with Crippen LogP contribution in [0, 0.1) is 19.8 Å². The van der Waals surface area contributed by atoms with Crippen molar-refractivity contribution in [3.8, 4) is 0 Å². The van der Waals surface area contributed by atoms with Gasteiger partial charge in [0.15, 0.2) is 5.82 Å². The number of H-pyrrole nitrogens is 1. The van der Waals surface area contributed by atoms with Gasteiger partial charge in [-0.1, -0.05) is 25.5 Å². The Morgan fingerprint density at radius 3 is 2.81 bits per heavy atom. The molecule has 4 heterocycles. The summed E-state index contributed by atoms with van der Waals surface area (Å²) in [4.78, 5) is 18.6. The Hall–Kier alpha value is -3.30. The Balaban J connectivity index is 1.53. The highest BCUT2D eigenvalue weighted by molar-refractivity contribution is 5.82. The third-order valence-electron chi connectivity index (χ3n) is 6.93. The highest BCUT2D eigenvalue weighted by Gasteiger charge is 2.31. The van der Waals surface area contributed by atoms with Crippen LogP contribution in [0.4, 0.5) is 0 Å². The summed E-state index contributed by atoms with van der Waals surface area (Å²) in [6.07, 6.45) is 3.86. The average molecular weight is 491 g/mol. The number of aryl methyl sites for hydroxylation is 2. The van der Waals surface area contributed by atoms with E-state index in [2.05, 4.69) is 58.3 Å². The number of hydrogen-bond donors (Lipinski definition) is 1. The fourth-order valence-electron chi connectivity index (χ4n) is 5.34.